The summed E-state index contributed by atoms with van der Waals surface area (Å²) in [6.45, 7) is 10.9. The second kappa shape index (κ2) is 9.02. The van der Waals surface area contributed by atoms with Crippen molar-refractivity contribution in [1.29, 1.82) is 0 Å². The van der Waals surface area contributed by atoms with Crippen molar-refractivity contribution < 1.29 is 4.39 Å². The van der Waals surface area contributed by atoms with Gasteiger partial charge in [-0.2, -0.15) is 0 Å². The number of benzene rings is 2. The lowest BCUT2D eigenvalue weighted by Crippen LogP contribution is -2.38. The molecule has 0 saturated carbocycles. The minimum absolute atomic E-state index is 0.141. The Hall–Kier alpha value is -1.97. The zero-order valence-electron chi connectivity index (χ0n) is 16.6. The molecule has 2 aliphatic rings. The van der Waals surface area contributed by atoms with Crippen LogP contribution in [0.1, 0.15) is 29.9 Å². The fourth-order valence-corrected chi connectivity index (χ4v) is 4.94. The Morgan fingerprint density at radius 1 is 0.929 bits per heavy atom. The van der Waals surface area contributed by atoms with E-state index < -0.39 is 0 Å². The van der Waals surface area contributed by atoms with Crippen LogP contribution < -0.4 is 0 Å². The second-order valence-corrected chi connectivity index (χ2v) is 8.47. The summed E-state index contributed by atoms with van der Waals surface area (Å²) in [6, 6.07) is 17.9. The molecule has 2 heterocycles. The van der Waals surface area contributed by atoms with Crippen molar-refractivity contribution in [3.05, 3.63) is 84.2 Å². The summed E-state index contributed by atoms with van der Waals surface area (Å²) in [5.41, 5.74) is 2.69. The summed E-state index contributed by atoms with van der Waals surface area (Å²) in [7, 11) is 0. The molecule has 0 aliphatic carbocycles. The van der Waals surface area contributed by atoms with E-state index in [9.17, 15) is 4.39 Å². The highest BCUT2D eigenvalue weighted by atomic mass is 19.1. The highest BCUT2D eigenvalue weighted by Crippen LogP contribution is 2.31. The number of nitrogens with zero attached hydrogens (tertiary/aromatic N) is 2. The third kappa shape index (κ3) is 4.71. The zero-order valence-corrected chi connectivity index (χ0v) is 16.6. The highest BCUT2D eigenvalue weighted by molar-refractivity contribution is 5.21. The van der Waals surface area contributed by atoms with Crippen molar-refractivity contribution in [2.75, 3.05) is 32.7 Å². The van der Waals surface area contributed by atoms with Crippen LogP contribution in [0.2, 0.25) is 0 Å². The Morgan fingerprint density at radius 2 is 1.64 bits per heavy atom. The molecule has 2 fully saturated rings. The molecule has 0 amide bonds. The minimum atomic E-state index is -0.141. The predicted octanol–water partition coefficient (Wildman–Crippen LogP) is 4.94. The van der Waals surface area contributed by atoms with Gasteiger partial charge in [-0.25, -0.2) is 4.39 Å². The molecule has 0 spiro atoms. The van der Waals surface area contributed by atoms with Crippen molar-refractivity contribution in [1.82, 2.24) is 9.80 Å². The summed E-state index contributed by atoms with van der Waals surface area (Å²) in [6.07, 6.45) is 4.51. The van der Waals surface area contributed by atoms with E-state index in [1.807, 2.05) is 12.1 Å². The molecule has 2 atom stereocenters. The van der Waals surface area contributed by atoms with Crippen LogP contribution in [0.25, 0.3) is 0 Å². The van der Waals surface area contributed by atoms with Gasteiger partial charge < -0.3 is 4.90 Å². The molecule has 0 radical (unpaired) electrons. The van der Waals surface area contributed by atoms with Crippen LogP contribution in [0, 0.1) is 17.7 Å². The molecular weight excluding hydrogens is 347 g/mol. The Morgan fingerprint density at radius 3 is 2.32 bits per heavy atom. The first-order valence-electron chi connectivity index (χ1n) is 10.6. The van der Waals surface area contributed by atoms with E-state index in [1.165, 1.54) is 24.0 Å². The van der Waals surface area contributed by atoms with E-state index in [4.69, 9.17) is 0 Å². The lowest BCUT2D eigenvalue weighted by molar-refractivity contribution is 0.174. The van der Waals surface area contributed by atoms with E-state index in [-0.39, 0.29) is 5.82 Å². The molecular formula is C25H31FN2. The van der Waals surface area contributed by atoms with Gasteiger partial charge in [-0.15, -0.1) is 6.58 Å². The lowest BCUT2D eigenvalue weighted by Gasteiger charge is -2.34. The van der Waals surface area contributed by atoms with Crippen LogP contribution in [0.15, 0.2) is 67.3 Å². The van der Waals surface area contributed by atoms with Gasteiger partial charge >= 0.3 is 0 Å². The molecule has 1 unspecified atom stereocenters. The van der Waals surface area contributed by atoms with Gasteiger partial charge in [-0.05, 0) is 66.9 Å². The van der Waals surface area contributed by atoms with Crippen LogP contribution >= 0.6 is 0 Å². The quantitative estimate of drug-likeness (QED) is 0.657. The van der Waals surface area contributed by atoms with E-state index in [1.54, 1.807) is 12.1 Å². The van der Waals surface area contributed by atoms with Gasteiger partial charge in [0.15, 0.2) is 0 Å². The van der Waals surface area contributed by atoms with Crippen molar-refractivity contribution in [2.45, 2.75) is 25.3 Å². The van der Waals surface area contributed by atoms with Gasteiger partial charge in [-0.3, -0.25) is 4.90 Å². The maximum absolute atomic E-state index is 13.2. The molecule has 28 heavy (non-hydrogen) atoms. The Bertz CT molecular complexity index is 750. The smallest absolute Gasteiger partial charge is 0.123 e. The molecule has 2 aromatic carbocycles. The first-order valence-corrected chi connectivity index (χ1v) is 10.6. The summed E-state index contributed by atoms with van der Waals surface area (Å²) in [5.74, 6) is 1.69. The number of likely N-dealkylation sites (tertiary alicyclic amines) is 2. The fraction of sp³-hybridized carbons (Fsp3) is 0.440. The molecule has 4 rings (SSSR count). The molecule has 0 N–H and O–H groups in total. The lowest BCUT2D eigenvalue weighted by atomic mass is 9.88. The third-order valence-corrected chi connectivity index (χ3v) is 6.54. The first kappa shape index (κ1) is 19.4. The molecule has 148 valence electrons. The topological polar surface area (TPSA) is 6.48 Å². The van der Waals surface area contributed by atoms with Crippen LogP contribution in [-0.2, 0) is 6.54 Å². The summed E-state index contributed by atoms with van der Waals surface area (Å²) < 4.78 is 13.2. The van der Waals surface area contributed by atoms with Crippen molar-refractivity contribution in [2.24, 2.45) is 11.8 Å². The van der Waals surface area contributed by atoms with Crippen LogP contribution in [0.3, 0.4) is 0 Å². The molecule has 0 bridgehead atoms. The molecule has 2 aromatic rings. The standard InChI is InChI=1S/C25H31FN2/c1-2-21-17-28(16-20-6-4-3-5-7-20)19-24(21)18-27-14-12-23(13-15-27)22-8-10-25(26)11-9-22/h2-11,21,23-24H,1,12-19H2/t21-,24?/m1/s1. The monoisotopic (exact) mass is 378 g/mol. The van der Waals surface area contributed by atoms with E-state index >= 15 is 0 Å². The second-order valence-electron chi connectivity index (χ2n) is 8.47. The first-order chi connectivity index (χ1) is 13.7. The van der Waals surface area contributed by atoms with Crippen LogP contribution in [0.5, 0.6) is 0 Å². The van der Waals surface area contributed by atoms with Crippen molar-refractivity contribution >= 4 is 0 Å². The highest BCUT2D eigenvalue weighted by Gasteiger charge is 2.33. The predicted molar refractivity (Wildman–Crippen MR) is 114 cm³/mol. The van der Waals surface area contributed by atoms with Crippen LogP contribution in [-0.4, -0.2) is 42.5 Å². The van der Waals surface area contributed by atoms with E-state index in [0.29, 0.717) is 17.8 Å². The third-order valence-electron chi connectivity index (χ3n) is 6.54. The van der Waals surface area contributed by atoms with E-state index in [0.717, 1.165) is 39.3 Å². The number of hydrogen-bond acceptors (Lipinski definition) is 2. The van der Waals surface area contributed by atoms with Gasteiger partial charge in [0.2, 0.25) is 0 Å². The van der Waals surface area contributed by atoms with Gasteiger partial charge in [0.1, 0.15) is 5.82 Å². The summed E-state index contributed by atoms with van der Waals surface area (Å²) in [5, 5.41) is 0. The Balaban J connectivity index is 1.29. The Kier molecular flexibility index (Phi) is 6.23. The molecule has 2 nitrogen and oxygen atoms in total. The summed E-state index contributed by atoms with van der Waals surface area (Å²) >= 11 is 0. The van der Waals surface area contributed by atoms with Crippen LogP contribution in [0.4, 0.5) is 4.39 Å². The summed E-state index contributed by atoms with van der Waals surface area (Å²) in [4.78, 5) is 5.21. The van der Waals surface area contributed by atoms with Gasteiger partial charge in [0.25, 0.3) is 0 Å². The number of hydrogen-bond donors (Lipinski definition) is 0. The average molecular weight is 379 g/mol. The normalized spacial score (nSPS) is 24.5. The SMILES string of the molecule is C=C[C@@H]1CN(Cc2ccccc2)CC1CN1CCC(c2ccc(F)cc2)CC1. The maximum Gasteiger partial charge on any atom is 0.123 e. The van der Waals surface area contributed by atoms with Gasteiger partial charge in [-0.1, -0.05) is 48.5 Å². The molecule has 2 saturated heterocycles. The number of piperidine rings is 1. The zero-order chi connectivity index (χ0) is 19.3. The fourth-order valence-electron chi connectivity index (χ4n) is 4.94. The van der Waals surface area contributed by atoms with Gasteiger partial charge in [0, 0.05) is 26.2 Å². The van der Waals surface area contributed by atoms with E-state index in [2.05, 4.69) is 52.8 Å². The van der Waals surface area contributed by atoms with Crippen molar-refractivity contribution in [3.63, 3.8) is 0 Å². The number of rotatable bonds is 6. The van der Waals surface area contributed by atoms with Crippen molar-refractivity contribution in [3.8, 4) is 0 Å². The molecule has 2 aliphatic heterocycles. The Labute approximate surface area is 168 Å². The number of halogens is 1. The average Bonchev–Trinajstić information content (AvgIpc) is 3.11. The molecule has 3 heteroatoms. The molecule has 0 aromatic heterocycles. The maximum atomic E-state index is 13.2. The minimum Gasteiger partial charge on any atom is -0.303 e. The van der Waals surface area contributed by atoms with Gasteiger partial charge in [0.05, 0.1) is 0 Å². The largest absolute Gasteiger partial charge is 0.303 e.